The molecule has 2 heterocycles. The molecule has 33 heavy (non-hydrogen) atoms. The van der Waals surface area contributed by atoms with Crippen LogP contribution in [-0.4, -0.2) is 37.3 Å². The summed E-state index contributed by atoms with van der Waals surface area (Å²) < 4.78 is 102. The fraction of sp³-hybridized carbons (Fsp3) is 0.368. The Hall–Kier alpha value is -2.38. The van der Waals surface area contributed by atoms with E-state index >= 15 is 0 Å². The monoisotopic (exact) mass is 515 g/mol. The Morgan fingerprint density at radius 3 is 2.30 bits per heavy atom. The van der Waals surface area contributed by atoms with Gasteiger partial charge >= 0.3 is 12.4 Å². The number of halogens is 7. The molecule has 1 aliphatic rings. The van der Waals surface area contributed by atoms with Crippen molar-refractivity contribution in [1.29, 1.82) is 0 Å². The third-order valence-corrected chi connectivity index (χ3v) is 7.30. The maximum atomic E-state index is 12.9. The second kappa shape index (κ2) is 9.11. The number of sulfone groups is 1. The fourth-order valence-corrected chi connectivity index (χ4v) is 5.15. The molecule has 6 nitrogen and oxygen atoms in total. The SMILES string of the molecule is O=C(NC1CCC(S(=O)(=O)c2cccc(C(F)(F)F)c2)NC1)c1ccc(C(F)(F)F)nc1Cl. The van der Waals surface area contributed by atoms with Crippen LogP contribution in [0.1, 0.15) is 34.5 Å². The summed E-state index contributed by atoms with van der Waals surface area (Å²) in [6, 6.07) is 4.29. The molecular formula is C19H16ClF6N3O3S. The summed E-state index contributed by atoms with van der Waals surface area (Å²) in [5, 5.41) is 3.39. The Bertz CT molecular complexity index is 1150. The molecule has 0 radical (unpaired) electrons. The van der Waals surface area contributed by atoms with Gasteiger partial charge in [-0.1, -0.05) is 17.7 Å². The largest absolute Gasteiger partial charge is 0.433 e. The Balaban J connectivity index is 1.65. The van der Waals surface area contributed by atoms with Gasteiger partial charge in [0.2, 0.25) is 0 Å². The van der Waals surface area contributed by atoms with Crippen LogP contribution in [0.25, 0.3) is 0 Å². The van der Waals surface area contributed by atoms with E-state index in [4.69, 9.17) is 11.6 Å². The van der Waals surface area contributed by atoms with Crippen LogP contribution in [-0.2, 0) is 22.2 Å². The third-order valence-electron chi connectivity index (χ3n) is 4.95. The van der Waals surface area contributed by atoms with Gasteiger partial charge in [0, 0.05) is 12.6 Å². The highest BCUT2D eigenvalue weighted by atomic mass is 35.5. The zero-order chi connectivity index (χ0) is 24.6. The van der Waals surface area contributed by atoms with E-state index < -0.39 is 60.8 Å². The van der Waals surface area contributed by atoms with E-state index in [1.165, 1.54) is 0 Å². The average molecular weight is 516 g/mol. The predicted molar refractivity (Wildman–Crippen MR) is 105 cm³/mol. The molecule has 0 saturated carbocycles. The van der Waals surface area contributed by atoms with Gasteiger partial charge in [-0.05, 0) is 43.2 Å². The minimum absolute atomic E-state index is 0.0253. The van der Waals surface area contributed by atoms with Crippen LogP contribution in [0.4, 0.5) is 26.3 Å². The molecule has 0 bridgehead atoms. The topological polar surface area (TPSA) is 88.2 Å². The van der Waals surface area contributed by atoms with Crippen LogP contribution in [0.15, 0.2) is 41.3 Å². The molecule has 2 atom stereocenters. The van der Waals surface area contributed by atoms with E-state index in [0.29, 0.717) is 12.1 Å². The summed E-state index contributed by atoms with van der Waals surface area (Å²) in [5.74, 6) is -0.799. The summed E-state index contributed by atoms with van der Waals surface area (Å²) in [7, 11) is -4.14. The molecule has 2 aromatic rings. The van der Waals surface area contributed by atoms with Gasteiger partial charge in [-0.3, -0.25) is 10.1 Å². The van der Waals surface area contributed by atoms with Gasteiger partial charge < -0.3 is 5.32 Å². The highest BCUT2D eigenvalue weighted by Gasteiger charge is 2.36. The standard InChI is InChI=1S/C19H16ClF6N3O3S/c20-16-13(5-6-14(29-16)19(24,25)26)17(30)28-11-4-7-15(27-9-11)33(31,32)12-3-1-2-10(8-12)18(21,22)23/h1-3,5-6,8,11,15,27H,4,7,9H2,(H,28,30). The summed E-state index contributed by atoms with van der Waals surface area (Å²) >= 11 is 5.70. The molecule has 1 saturated heterocycles. The van der Waals surface area contributed by atoms with Crippen molar-refractivity contribution in [2.75, 3.05) is 6.54 Å². The summed E-state index contributed by atoms with van der Waals surface area (Å²) in [6.45, 7) is -0.0414. The molecule has 1 fully saturated rings. The van der Waals surface area contributed by atoms with Gasteiger partial charge in [0.05, 0.1) is 16.0 Å². The summed E-state index contributed by atoms with van der Waals surface area (Å²) in [6.07, 6.45) is -9.31. The van der Waals surface area contributed by atoms with Crippen LogP contribution < -0.4 is 10.6 Å². The van der Waals surface area contributed by atoms with E-state index in [0.717, 1.165) is 24.3 Å². The number of hydrogen-bond acceptors (Lipinski definition) is 5. The van der Waals surface area contributed by atoms with Gasteiger partial charge in [0.25, 0.3) is 5.91 Å². The molecule has 2 unspecified atom stereocenters. The van der Waals surface area contributed by atoms with E-state index in [1.807, 2.05) is 0 Å². The number of nitrogens with zero attached hydrogens (tertiary/aromatic N) is 1. The van der Waals surface area contributed by atoms with Crippen molar-refractivity contribution >= 4 is 27.3 Å². The van der Waals surface area contributed by atoms with Gasteiger partial charge in [-0.25, -0.2) is 13.4 Å². The zero-order valence-electron chi connectivity index (χ0n) is 16.5. The number of carbonyl (C=O) groups excluding carboxylic acids is 1. The Morgan fingerprint density at radius 2 is 1.76 bits per heavy atom. The number of hydrogen-bond donors (Lipinski definition) is 2. The van der Waals surface area contributed by atoms with E-state index in [9.17, 15) is 39.6 Å². The third kappa shape index (κ3) is 5.76. The number of carbonyl (C=O) groups is 1. The van der Waals surface area contributed by atoms with Gasteiger partial charge in [0.1, 0.15) is 16.2 Å². The van der Waals surface area contributed by atoms with Crippen molar-refractivity contribution in [1.82, 2.24) is 15.6 Å². The molecule has 0 spiro atoms. The van der Waals surface area contributed by atoms with Crippen molar-refractivity contribution in [3.05, 3.63) is 58.4 Å². The first-order chi connectivity index (χ1) is 15.2. The number of piperidine rings is 1. The lowest BCUT2D eigenvalue weighted by molar-refractivity contribution is -0.141. The van der Waals surface area contributed by atoms with Crippen LogP contribution in [0.3, 0.4) is 0 Å². The number of aromatic nitrogens is 1. The van der Waals surface area contributed by atoms with Crippen LogP contribution in [0.5, 0.6) is 0 Å². The minimum atomic E-state index is -4.73. The zero-order valence-corrected chi connectivity index (χ0v) is 18.0. The van der Waals surface area contributed by atoms with Crippen LogP contribution in [0, 0.1) is 0 Å². The molecule has 180 valence electrons. The Morgan fingerprint density at radius 1 is 1.06 bits per heavy atom. The molecule has 0 aliphatic carbocycles. The minimum Gasteiger partial charge on any atom is -0.348 e. The Kier molecular flexibility index (Phi) is 6.97. The molecule has 1 aliphatic heterocycles. The number of amides is 1. The molecule has 14 heteroatoms. The van der Waals surface area contributed by atoms with Crippen LogP contribution >= 0.6 is 11.6 Å². The first-order valence-corrected chi connectivity index (χ1v) is 11.3. The number of rotatable bonds is 4. The lowest BCUT2D eigenvalue weighted by Gasteiger charge is -2.30. The normalized spacial score (nSPS) is 19.8. The quantitative estimate of drug-likeness (QED) is 0.474. The lowest BCUT2D eigenvalue weighted by Crippen LogP contribution is -2.51. The lowest BCUT2D eigenvalue weighted by atomic mass is 10.1. The van der Waals surface area contributed by atoms with Gasteiger partial charge in [-0.15, -0.1) is 0 Å². The maximum absolute atomic E-state index is 12.9. The molecule has 2 N–H and O–H groups in total. The van der Waals surface area contributed by atoms with Crippen molar-refractivity contribution in [3.63, 3.8) is 0 Å². The number of alkyl halides is 6. The van der Waals surface area contributed by atoms with Crippen molar-refractivity contribution in [2.24, 2.45) is 0 Å². The molecule has 1 aromatic heterocycles. The van der Waals surface area contributed by atoms with E-state index in [-0.39, 0.29) is 24.9 Å². The van der Waals surface area contributed by atoms with Crippen molar-refractivity contribution in [3.8, 4) is 0 Å². The van der Waals surface area contributed by atoms with Crippen LogP contribution in [0.2, 0.25) is 5.15 Å². The molecular weight excluding hydrogens is 500 g/mol. The first-order valence-electron chi connectivity index (χ1n) is 9.39. The van der Waals surface area contributed by atoms with Gasteiger partial charge in [0.15, 0.2) is 9.84 Å². The highest BCUT2D eigenvalue weighted by molar-refractivity contribution is 7.92. The highest BCUT2D eigenvalue weighted by Crippen LogP contribution is 2.32. The number of nitrogens with one attached hydrogen (secondary N) is 2. The maximum Gasteiger partial charge on any atom is 0.433 e. The average Bonchev–Trinajstić information content (AvgIpc) is 2.73. The second-order valence-corrected chi connectivity index (χ2v) is 9.74. The molecule has 1 aromatic carbocycles. The Labute approximate surface area is 189 Å². The smallest absolute Gasteiger partial charge is 0.348 e. The number of pyridine rings is 1. The molecule has 3 rings (SSSR count). The van der Waals surface area contributed by atoms with E-state index in [1.54, 1.807) is 0 Å². The fourth-order valence-electron chi connectivity index (χ4n) is 3.26. The summed E-state index contributed by atoms with van der Waals surface area (Å²) in [4.78, 5) is 15.0. The van der Waals surface area contributed by atoms with Gasteiger partial charge in [-0.2, -0.15) is 26.3 Å². The molecule has 1 amide bonds. The van der Waals surface area contributed by atoms with E-state index in [2.05, 4.69) is 15.6 Å². The van der Waals surface area contributed by atoms with Crippen molar-refractivity contribution < 1.29 is 39.6 Å². The second-order valence-electron chi connectivity index (χ2n) is 7.25. The number of benzene rings is 1. The summed E-state index contributed by atoms with van der Waals surface area (Å²) in [5.41, 5.74) is -2.64. The first kappa shape index (κ1) is 25.2. The van der Waals surface area contributed by atoms with Crippen molar-refractivity contribution in [2.45, 2.75) is 41.5 Å². The predicted octanol–water partition coefficient (Wildman–Crippen LogP) is 4.05.